The Hall–Kier alpha value is -3.13. The van der Waals surface area contributed by atoms with Crippen LogP contribution in [0.1, 0.15) is 17.1 Å². The third kappa shape index (κ3) is 3.60. The molecular weight excluding hydrogens is 348 g/mol. The van der Waals surface area contributed by atoms with Gasteiger partial charge in [-0.15, -0.1) is 0 Å². The average Bonchev–Trinajstić information content (AvgIpc) is 3.01. The monoisotopic (exact) mass is 362 g/mol. The van der Waals surface area contributed by atoms with Crippen LogP contribution in [0, 0.1) is 6.92 Å². The number of aliphatic imine (C=N–C) groups is 1. The van der Waals surface area contributed by atoms with E-state index < -0.39 is 0 Å². The number of carbonyl (C=O) groups excluding carboxylic acids is 1. The standard InChI is InChI=1S/C18H14N6OS/c1-11-8-21-13(9-20-11)10-22-18-24-17(25)16(26-18)7-12-4-5-14-15(23-12)3-2-6-19-14/h2-9H,10H2,1H3,(H,22,24,25)/b16-7-. The van der Waals surface area contributed by atoms with Crippen LogP contribution in [0.2, 0.25) is 0 Å². The number of thioether (sulfide) groups is 1. The van der Waals surface area contributed by atoms with E-state index in [4.69, 9.17) is 0 Å². The maximum atomic E-state index is 12.2. The molecule has 1 saturated heterocycles. The number of nitrogens with zero attached hydrogens (tertiary/aromatic N) is 5. The highest BCUT2D eigenvalue weighted by Gasteiger charge is 2.23. The smallest absolute Gasteiger partial charge is 0.264 e. The summed E-state index contributed by atoms with van der Waals surface area (Å²) in [6, 6.07) is 7.45. The second-order valence-electron chi connectivity index (χ2n) is 5.61. The van der Waals surface area contributed by atoms with Crippen LogP contribution in [0.4, 0.5) is 0 Å². The van der Waals surface area contributed by atoms with Crippen LogP contribution in [-0.4, -0.2) is 31.0 Å². The Morgan fingerprint density at radius 3 is 2.92 bits per heavy atom. The third-order valence-electron chi connectivity index (χ3n) is 3.63. The molecule has 3 aromatic rings. The zero-order chi connectivity index (χ0) is 17.9. The molecule has 0 bridgehead atoms. The number of carbonyl (C=O) groups is 1. The van der Waals surface area contributed by atoms with Gasteiger partial charge in [-0.3, -0.25) is 24.7 Å². The van der Waals surface area contributed by atoms with E-state index in [1.54, 1.807) is 24.7 Å². The van der Waals surface area contributed by atoms with E-state index in [1.807, 2.05) is 31.2 Å². The lowest BCUT2D eigenvalue weighted by Crippen LogP contribution is -2.19. The van der Waals surface area contributed by atoms with Gasteiger partial charge in [0.15, 0.2) is 5.17 Å². The zero-order valence-corrected chi connectivity index (χ0v) is 14.7. The molecule has 0 aliphatic carbocycles. The van der Waals surface area contributed by atoms with Gasteiger partial charge in [-0.05, 0) is 49.0 Å². The third-order valence-corrected chi connectivity index (χ3v) is 4.57. The first-order chi connectivity index (χ1) is 12.7. The highest BCUT2D eigenvalue weighted by Crippen LogP contribution is 2.26. The predicted octanol–water partition coefficient (Wildman–Crippen LogP) is 2.49. The first-order valence-corrected chi connectivity index (χ1v) is 8.74. The number of aromatic nitrogens is 4. The molecule has 0 aromatic carbocycles. The molecule has 0 radical (unpaired) electrons. The number of amides is 1. The minimum absolute atomic E-state index is 0.183. The molecule has 7 nitrogen and oxygen atoms in total. The molecule has 0 spiro atoms. The zero-order valence-electron chi connectivity index (χ0n) is 13.9. The normalized spacial score (nSPS) is 17.2. The Labute approximate surface area is 153 Å². The van der Waals surface area contributed by atoms with E-state index in [0.29, 0.717) is 22.3 Å². The van der Waals surface area contributed by atoms with Crippen molar-refractivity contribution in [3.8, 4) is 0 Å². The van der Waals surface area contributed by atoms with Crippen LogP contribution in [0.25, 0.3) is 17.1 Å². The molecule has 4 heterocycles. The van der Waals surface area contributed by atoms with E-state index in [1.165, 1.54) is 11.8 Å². The molecule has 0 unspecified atom stereocenters. The summed E-state index contributed by atoms with van der Waals surface area (Å²) in [5.41, 5.74) is 3.91. The summed E-state index contributed by atoms with van der Waals surface area (Å²) < 4.78 is 0. The molecular formula is C18H14N6OS. The Bertz CT molecular complexity index is 1040. The van der Waals surface area contributed by atoms with E-state index in [-0.39, 0.29) is 5.91 Å². The maximum absolute atomic E-state index is 12.2. The summed E-state index contributed by atoms with van der Waals surface area (Å²) in [5.74, 6) is -0.183. The van der Waals surface area contributed by atoms with Gasteiger partial charge in [0.1, 0.15) is 0 Å². The number of amidine groups is 1. The van der Waals surface area contributed by atoms with Crippen LogP contribution in [0.15, 0.2) is 52.8 Å². The van der Waals surface area contributed by atoms with Crippen molar-refractivity contribution in [1.82, 2.24) is 25.3 Å². The lowest BCUT2D eigenvalue weighted by Gasteiger charge is -1.98. The van der Waals surface area contributed by atoms with E-state index in [0.717, 1.165) is 22.4 Å². The second-order valence-corrected chi connectivity index (χ2v) is 6.64. The van der Waals surface area contributed by atoms with Crippen molar-refractivity contribution in [3.63, 3.8) is 0 Å². The molecule has 26 heavy (non-hydrogen) atoms. The minimum Gasteiger partial charge on any atom is -0.301 e. The molecule has 0 saturated carbocycles. The Balaban J connectivity index is 1.52. The van der Waals surface area contributed by atoms with Crippen LogP contribution < -0.4 is 5.32 Å². The molecule has 1 aliphatic rings. The van der Waals surface area contributed by atoms with E-state index >= 15 is 0 Å². The highest BCUT2D eigenvalue weighted by molar-refractivity contribution is 8.18. The predicted molar refractivity (Wildman–Crippen MR) is 101 cm³/mol. The Kier molecular flexibility index (Phi) is 4.40. The van der Waals surface area contributed by atoms with Gasteiger partial charge in [0.05, 0.1) is 45.8 Å². The molecule has 1 aliphatic heterocycles. The SMILES string of the molecule is Cc1cnc(CN=C2NC(=O)/C(=C/c3ccc4ncccc4n3)S2)cn1. The number of hydrogen-bond donors (Lipinski definition) is 1. The van der Waals surface area contributed by atoms with Gasteiger partial charge in [0.2, 0.25) is 0 Å². The van der Waals surface area contributed by atoms with Gasteiger partial charge in [0.25, 0.3) is 5.91 Å². The van der Waals surface area contributed by atoms with Gasteiger partial charge in [-0.2, -0.15) is 0 Å². The summed E-state index contributed by atoms with van der Waals surface area (Å²) in [4.78, 5) is 34.3. The van der Waals surface area contributed by atoms with Crippen molar-refractivity contribution in [2.45, 2.75) is 13.5 Å². The summed E-state index contributed by atoms with van der Waals surface area (Å²) >= 11 is 1.29. The summed E-state index contributed by atoms with van der Waals surface area (Å²) in [6.45, 7) is 2.24. The Morgan fingerprint density at radius 2 is 2.08 bits per heavy atom. The van der Waals surface area contributed by atoms with Crippen molar-refractivity contribution in [1.29, 1.82) is 0 Å². The fraction of sp³-hybridized carbons (Fsp3) is 0.111. The van der Waals surface area contributed by atoms with Crippen LogP contribution in [-0.2, 0) is 11.3 Å². The van der Waals surface area contributed by atoms with Gasteiger partial charge in [0, 0.05) is 12.4 Å². The van der Waals surface area contributed by atoms with E-state index in [2.05, 4.69) is 30.2 Å². The minimum atomic E-state index is -0.183. The molecule has 4 rings (SSSR count). The highest BCUT2D eigenvalue weighted by atomic mass is 32.2. The summed E-state index contributed by atoms with van der Waals surface area (Å²) in [5, 5.41) is 3.31. The van der Waals surface area contributed by atoms with Crippen molar-refractivity contribution in [2.24, 2.45) is 4.99 Å². The quantitative estimate of drug-likeness (QED) is 0.720. The van der Waals surface area contributed by atoms with Gasteiger partial charge in [-0.1, -0.05) is 0 Å². The average molecular weight is 362 g/mol. The number of fused-ring (bicyclic) bond motifs is 1. The van der Waals surface area contributed by atoms with Crippen LogP contribution in [0.5, 0.6) is 0 Å². The lowest BCUT2D eigenvalue weighted by atomic mass is 10.2. The number of aryl methyl sites for hydroxylation is 1. The number of nitrogens with one attached hydrogen (secondary N) is 1. The molecule has 0 atom stereocenters. The van der Waals surface area contributed by atoms with Crippen LogP contribution in [0.3, 0.4) is 0 Å². The van der Waals surface area contributed by atoms with Crippen molar-refractivity contribution in [2.75, 3.05) is 0 Å². The Morgan fingerprint density at radius 1 is 1.15 bits per heavy atom. The molecule has 128 valence electrons. The van der Waals surface area contributed by atoms with Gasteiger partial charge >= 0.3 is 0 Å². The fourth-order valence-corrected chi connectivity index (χ4v) is 3.15. The molecule has 8 heteroatoms. The summed E-state index contributed by atoms with van der Waals surface area (Å²) in [6.07, 6.45) is 6.86. The molecule has 3 aromatic heterocycles. The molecule has 1 fully saturated rings. The molecule has 1 amide bonds. The van der Waals surface area contributed by atoms with Crippen LogP contribution >= 0.6 is 11.8 Å². The van der Waals surface area contributed by atoms with E-state index in [9.17, 15) is 4.79 Å². The van der Waals surface area contributed by atoms with Gasteiger partial charge in [-0.25, -0.2) is 4.98 Å². The number of rotatable bonds is 3. The lowest BCUT2D eigenvalue weighted by molar-refractivity contribution is -0.115. The first kappa shape index (κ1) is 16.3. The number of pyridine rings is 2. The maximum Gasteiger partial charge on any atom is 0.264 e. The van der Waals surface area contributed by atoms with Crippen molar-refractivity contribution in [3.05, 3.63) is 64.8 Å². The largest absolute Gasteiger partial charge is 0.301 e. The van der Waals surface area contributed by atoms with Crippen molar-refractivity contribution < 1.29 is 4.79 Å². The molecule has 1 N–H and O–H groups in total. The number of hydrogen-bond acceptors (Lipinski definition) is 7. The fourth-order valence-electron chi connectivity index (χ4n) is 2.34. The topological polar surface area (TPSA) is 93.0 Å². The van der Waals surface area contributed by atoms with Gasteiger partial charge < -0.3 is 5.32 Å². The second kappa shape index (κ2) is 7.01. The van der Waals surface area contributed by atoms with Crippen molar-refractivity contribution >= 4 is 39.9 Å². The first-order valence-electron chi connectivity index (χ1n) is 7.92. The summed E-state index contributed by atoms with van der Waals surface area (Å²) in [7, 11) is 0.